The summed E-state index contributed by atoms with van der Waals surface area (Å²) in [6.45, 7) is 8.70. The van der Waals surface area contributed by atoms with Crippen LogP contribution in [0.5, 0.6) is 0 Å². The van der Waals surface area contributed by atoms with Crippen LogP contribution in [-0.4, -0.2) is 42.5 Å². The van der Waals surface area contributed by atoms with E-state index >= 15 is 0 Å². The van der Waals surface area contributed by atoms with Crippen LogP contribution in [-0.2, 0) is 17.8 Å². The van der Waals surface area contributed by atoms with Crippen LogP contribution in [0.25, 0.3) is 0 Å². The Morgan fingerprint density at radius 3 is 2.56 bits per heavy atom. The van der Waals surface area contributed by atoms with E-state index in [-0.39, 0.29) is 35.5 Å². The molecule has 2 aromatic rings. The highest BCUT2D eigenvalue weighted by molar-refractivity contribution is 14.0. The first-order chi connectivity index (χ1) is 12.4. The molecule has 0 aliphatic rings. The first kappa shape index (κ1) is 23.4. The number of aliphatic imine (C=N–C) groups is 1. The molecule has 1 aromatic carbocycles. The van der Waals surface area contributed by atoms with E-state index in [1.807, 2.05) is 16.9 Å². The lowest BCUT2D eigenvalue weighted by atomic mass is 9.89. The van der Waals surface area contributed by atoms with Crippen LogP contribution in [0.3, 0.4) is 0 Å². The fraction of sp³-hybridized carbons (Fsp3) is 0.500. The Bertz CT molecular complexity index is 695. The van der Waals surface area contributed by atoms with Crippen molar-refractivity contribution in [1.29, 1.82) is 0 Å². The van der Waals surface area contributed by atoms with E-state index in [0.29, 0.717) is 13.1 Å². The maximum atomic E-state index is 5.58. The molecule has 150 valence electrons. The second-order valence-corrected chi connectivity index (χ2v) is 7.42. The van der Waals surface area contributed by atoms with Crippen molar-refractivity contribution in [3.8, 4) is 0 Å². The number of methoxy groups -OCH3 is 1. The second kappa shape index (κ2) is 11.3. The van der Waals surface area contributed by atoms with Crippen molar-refractivity contribution in [3.63, 3.8) is 0 Å². The van der Waals surface area contributed by atoms with Crippen LogP contribution in [0, 0.1) is 5.41 Å². The SMILES string of the molecule is CN=C(NCc1cccc(Cn2cccn2)c1)NCC(OC)C(C)(C)C.I. The predicted molar refractivity (Wildman–Crippen MR) is 122 cm³/mol. The Morgan fingerprint density at radius 1 is 1.22 bits per heavy atom. The highest BCUT2D eigenvalue weighted by Crippen LogP contribution is 2.20. The highest BCUT2D eigenvalue weighted by Gasteiger charge is 2.24. The molecular formula is C20H32IN5O. The monoisotopic (exact) mass is 485 g/mol. The summed E-state index contributed by atoms with van der Waals surface area (Å²) in [7, 11) is 3.53. The lowest BCUT2D eigenvalue weighted by Gasteiger charge is -2.30. The number of nitrogens with zero attached hydrogens (tertiary/aromatic N) is 3. The maximum absolute atomic E-state index is 5.58. The smallest absolute Gasteiger partial charge is 0.191 e. The molecule has 0 aliphatic carbocycles. The van der Waals surface area contributed by atoms with E-state index in [0.717, 1.165) is 12.5 Å². The van der Waals surface area contributed by atoms with Gasteiger partial charge >= 0.3 is 0 Å². The molecule has 0 spiro atoms. The topological polar surface area (TPSA) is 63.5 Å². The van der Waals surface area contributed by atoms with Gasteiger partial charge in [0.1, 0.15) is 0 Å². The number of hydrogen-bond acceptors (Lipinski definition) is 3. The Morgan fingerprint density at radius 2 is 1.96 bits per heavy atom. The van der Waals surface area contributed by atoms with Crippen molar-refractivity contribution < 1.29 is 4.74 Å². The van der Waals surface area contributed by atoms with Crippen LogP contribution in [0.2, 0.25) is 0 Å². The summed E-state index contributed by atoms with van der Waals surface area (Å²) in [5, 5.41) is 11.0. The van der Waals surface area contributed by atoms with Gasteiger partial charge in [-0.15, -0.1) is 24.0 Å². The number of rotatable bonds is 7. The van der Waals surface area contributed by atoms with E-state index in [1.54, 1.807) is 20.4 Å². The average molecular weight is 485 g/mol. The van der Waals surface area contributed by atoms with Gasteiger partial charge in [0.05, 0.1) is 12.6 Å². The van der Waals surface area contributed by atoms with Gasteiger partial charge in [0, 0.05) is 39.6 Å². The Kier molecular flexibility index (Phi) is 9.79. The van der Waals surface area contributed by atoms with Crippen molar-refractivity contribution >= 4 is 29.9 Å². The number of benzene rings is 1. The molecule has 1 aromatic heterocycles. The maximum Gasteiger partial charge on any atom is 0.191 e. The molecule has 0 radical (unpaired) electrons. The number of hydrogen-bond donors (Lipinski definition) is 2. The van der Waals surface area contributed by atoms with Crippen molar-refractivity contribution in [1.82, 2.24) is 20.4 Å². The van der Waals surface area contributed by atoms with E-state index < -0.39 is 0 Å². The van der Waals surface area contributed by atoms with Gasteiger partial charge in [-0.1, -0.05) is 45.0 Å². The Balaban J connectivity index is 0.00000364. The van der Waals surface area contributed by atoms with Crippen LogP contribution in [0.1, 0.15) is 31.9 Å². The van der Waals surface area contributed by atoms with Crippen LogP contribution in [0.4, 0.5) is 0 Å². The first-order valence-electron chi connectivity index (χ1n) is 8.95. The normalized spacial score (nSPS) is 13.0. The minimum absolute atomic E-state index is 0. The molecule has 1 atom stereocenters. The third kappa shape index (κ3) is 7.88. The largest absolute Gasteiger partial charge is 0.379 e. The van der Waals surface area contributed by atoms with Crippen LogP contribution in [0.15, 0.2) is 47.7 Å². The summed E-state index contributed by atoms with van der Waals surface area (Å²) < 4.78 is 7.51. The minimum atomic E-state index is 0. The van der Waals surface area contributed by atoms with Gasteiger partial charge in [-0.3, -0.25) is 9.67 Å². The van der Waals surface area contributed by atoms with Gasteiger partial charge in [-0.2, -0.15) is 5.10 Å². The van der Waals surface area contributed by atoms with Gasteiger partial charge in [0.2, 0.25) is 0 Å². The Hall–Kier alpha value is -1.61. The zero-order chi connectivity index (χ0) is 19.0. The van der Waals surface area contributed by atoms with Gasteiger partial charge in [-0.05, 0) is 22.6 Å². The lowest BCUT2D eigenvalue weighted by molar-refractivity contribution is 0.0205. The summed E-state index contributed by atoms with van der Waals surface area (Å²) in [6, 6.07) is 10.4. The van der Waals surface area contributed by atoms with Crippen molar-refractivity contribution in [2.24, 2.45) is 10.4 Å². The second-order valence-electron chi connectivity index (χ2n) is 7.42. The molecule has 7 heteroatoms. The summed E-state index contributed by atoms with van der Waals surface area (Å²) in [5.41, 5.74) is 2.50. The fourth-order valence-electron chi connectivity index (χ4n) is 2.76. The molecule has 2 rings (SSSR count). The van der Waals surface area contributed by atoms with E-state index in [9.17, 15) is 0 Å². The van der Waals surface area contributed by atoms with Crippen LogP contribution >= 0.6 is 24.0 Å². The third-order valence-corrected chi connectivity index (χ3v) is 4.28. The first-order valence-corrected chi connectivity index (χ1v) is 8.95. The predicted octanol–water partition coefficient (Wildman–Crippen LogP) is 3.28. The van der Waals surface area contributed by atoms with E-state index in [4.69, 9.17) is 4.74 Å². The molecule has 2 N–H and O–H groups in total. The van der Waals surface area contributed by atoms with Crippen LogP contribution < -0.4 is 10.6 Å². The number of ether oxygens (including phenoxy) is 1. The molecule has 0 bridgehead atoms. The highest BCUT2D eigenvalue weighted by atomic mass is 127. The summed E-state index contributed by atoms with van der Waals surface area (Å²) in [6.07, 6.45) is 3.88. The van der Waals surface area contributed by atoms with Gasteiger partial charge in [-0.25, -0.2) is 0 Å². The van der Waals surface area contributed by atoms with E-state index in [1.165, 1.54) is 11.1 Å². The molecule has 1 unspecified atom stereocenters. The number of halogens is 1. The van der Waals surface area contributed by atoms with Crippen molar-refractivity contribution in [2.75, 3.05) is 20.7 Å². The summed E-state index contributed by atoms with van der Waals surface area (Å²) in [5.74, 6) is 0.772. The molecular weight excluding hydrogens is 453 g/mol. The minimum Gasteiger partial charge on any atom is -0.379 e. The quantitative estimate of drug-likeness (QED) is 0.359. The number of guanidine groups is 1. The zero-order valence-electron chi connectivity index (χ0n) is 16.9. The van der Waals surface area contributed by atoms with Crippen molar-refractivity contribution in [2.45, 2.75) is 40.0 Å². The van der Waals surface area contributed by atoms with Gasteiger partial charge < -0.3 is 15.4 Å². The fourth-order valence-corrected chi connectivity index (χ4v) is 2.76. The molecule has 0 aliphatic heterocycles. The third-order valence-electron chi connectivity index (χ3n) is 4.28. The van der Waals surface area contributed by atoms with Crippen molar-refractivity contribution in [3.05, 3.63) is 53.9 Å². The molecule has 0 fully saturated rings. The lowest BCUT2D eigenvalue weighted by Crippen LogP contribution is -2.45. The summed E-state index contributed by atoms with van der Waals surface area (Å²) in [4.78, 5) is 4.30. The van der Waals surface area contributed by atoms with Gasteiger partial charge in [0.15, 0.2) is 5.96 Å². The molecule has 0 amide bonds. The Labute approximate surface area is 179 Å². The van der Waals surface area contributed by atoms with E-state index in [2.05, 4.69) is 65.8 Å². The molecule has 27 heavy (non-hydrogen) atoms. The standard InChI is InChI=1S/C20H31N5O.HI/c1-20(2,3)18(26-5)14-23-19(21-4)22-13-16-8-6-9-17(12-16)15-25-11-7-10-24-25;/h6-12,18H,13-15H2,1-5H3,(H2,21,22,23);1H. The average Bonchev–Trinajstić information content (AvgIpc) is 3.10. The summed E-state index contributed by atoms with van der Waals surface area (Å²) >= 11 is 0. The number of nitrogens with one attached hydrogen (secondary N) is 2. The number of aromatic nitrogens is 2. The molecule has 0 saturated heterocycles. The molecule has 1 heterocycles. The molecule has 6 nitrogen and oxygen atoms in total. The zero-order valence-corrected chi connectivity index (χ0v) is 19.2. The molecule has 0 saturated carbocycles. The van der Waals surface area contributed by atoms with Gasteiger partial charge in [0.25, 0.3) is 0 Å².